The lowest BCUT2D eigenvalue weighted by molar-refractivity contribution is -0.112. The summed E-state index contributed by atoms with van der Waals surface area (Å²) in [4.78, 5) is 14.7. The van der Waals surface area contributed by atoms with Crippen LogP contribution in [-0.4, -0.2) is 38.8 Å². The van der Waals surface area contributed by atoms with E-state index in [1.54, 1.807) is 36.4 Å². The maximum Gasteiger partial charge on any atom is 0.266 e. The number of carbonyl (C=O) groups is 1. The third-order valence-electron chi connectivity index (χ3n) is 4.43. The van der Waals surface area contributed by atoms with Crippen LogP contribution in [0.4, 0.5) is 11.4 Å². The van der Waals surface area contributed by atoms with Gasteiger partial charge in [0.1, 0.15) is 24.0 Å². The van der Waals surface area contributed by atoms with Crippen LogP contribution in [0.2, 0.25) is 0 Å². The molecule has 1 N–H and O–H groups in total. The lowest BCUT2D eigenvalue weighted by Gasteiger charge is -2.28. The summed E-state index contributed by atoms with van der Waals surface area (Å²) >= 11 is 0. The Morgan fingerprint density at radius 2 is 1.86 bits per heavy atom. The average Bonchev–Trinajstić information content (AvgIpc) is 2.78. The van der Waals surface area contributed by atoms with Gasteiger partial charge in [-0.25, -0.2) is 0 Å². The number of carbonyl (C=O) groups excluding carboxylic acids is 1. The summed E-state index contributed by atoms with van der Waals surface area (Å²) in [5, 5.41) is 12.2. The predicted octanol–water partition coefficient (Wildman–Crippen LogP) is 3.63. The number of nitrogens with zero attached hydrogens (tertiary/aromatic N) is 2. The molecule has 2 aromatic carbocycles. The smallest absolute Gasteiger partial charge is 0.266 e. The van der Waals surface area contributed by atoms with Crippen LogP contribution >= 0.6 is 0 Å². The highest BCUT2D eigenvalue weighted by Gasteiger charge is 2.12. The number of hydrogen-bond donors (Lipinski definition) is 1. The minimum absolute atomic E-state index is 0.0296. The van der Waals surface area contributed by atoms with Crippen molar-refractivity contribution in [1.29, 1.82) is 5.26 Å². The maximum absolute atomic E-state index is 12.5. The van der Waals surface area contributed by atoms with Crippen LogP contribution < -0.4 is 15.0 Å². The first-order valence-corrected chi connectivity index (χ1v) is 9.39. The minimum atomic E-state index is -0.446. The van der Waals surface area contributed by atoms with Crippen molar-refractivity contribution in [2.75, 3.05) is 43.1 Å². The monoisotopic (exact) mass is 389 g/mol. The number of nitrogens with one attached hydrogen (secondary N) is 1. The average molecular weight is 389 g/mol. The highest BCUT2D eigenvalue weighted by atomic mass is 16.5. The van der Waals surface area contributed by atoms with Gasteiger partial charge in [-0.15, -0.1) is 0 Å². The van der Waals surface area contributed by atoms with Gasteiger partial charge in [0.05, 0.1) is 13.2 Å². The summed E-state index contributed by atoms with van der Waals surface area (Å²) in [5.41, 5.74) is 2.50. The molecule has 0 saturated carbocycles. The molecule has 2 aromatic rings. The number of ether oxygens (including phenoxy) is 2. The third kappa shape index (κ3) is 5.71. The zero-order valence-corrected chi connectivity index (χ0v) is 16.1. The van der Waals surface area contributed by atoms with Gasteiger partial charge in [0.2, 0.25) is 0 Å². The summed E-state index contributed by atoms with van der Waals surface area (Å²) in [6.07, 6.45) is 3.22. The molecule has 1 aliphatic rings. The first-order valence-electron chi connectivity index (χ1n) is 9.39. The summed E-state index contributed by atoms with van der Waals surface area (Å²) in [6, 6.07) is 16.7. The lowest BCUT2D eigenvalue weighted by atomic mass is 10.1. The van der Waals surface area contributed by atoms with E-state index in [0.717, 1.165) is 37.6 Å². The Hall–Kier alpha value is -3.56. The SMILES string of the molecule is C=CCOc1ccc(/C=C(\C#N)C(=O)Nc2ccc(N3CCOCC3)cc2)cc1. The summed E-state index contributed by atoms with van der Waals surface area (Å²) in [6.45, 7) is 7.17. The van der Waals surface area contributed by atoms with E-state index in [2.05, 4.69) is 16.8 Å². The van der Waals surface area contributed by atoms with Gasteiger partial charge >= 0.3 is 0 Å². The topological polar surface area (TPSA) is 74.6 Å². The molecule has 0 aliphatic carbocycles. The van der Waals surface area contributed by atoms with Gasteiger partial charge in [0, 0.05) is 24.5 Å². The molecule has 0 bridgehead atoms. The fraction of sp³-hybridized carbons (Fsp3) is 0.217. The summed E-state index contributed by atoms with van der Waals surface area (Å²) in [7, 11) is 0. The van der Waals surface area contributed by atoms with E-state index in [4.69, 9.17) is 9.47 Å². The molecule has 3 rings (SSSR count). The first-order chi connectivity index (χ1) is 14.2. The molecule has 0 aromatic heterocycles. The van der Waals surface area contributed by atoms with Crippen molar-refractivity contribution in [3.63, 3.8) is 0 Å². The number of morpholine rings is 1. The van der Waals surface area contributed by atoms with Gasteiger partial charge in [-0.2, -0.15) is 5.26 Å². The molecule has 1 aliphatic heterocycles. The molecular formula is C23H23N3O3. The van der Waals surface area contributed by atoms with Crippen LogP contribution in [0.1, 0.15) is 5.56 Å². The van der Waals surface area contributed by atoms with E-state index in [9.17, 15) is 10.1 Å². The van der Waals surface area contributed by atoms with Gasteiger partial charge in [-0.3, -0.25) is 4.79 Å². The zero-order chi connectivity index (χ0) is 20.5. The number of rotatable bonds is 7. The maximum atomic E-state index is 12.5. The van der Waals surface area contributed by atoms with Gasteiger partial charge in [0.15, 0.2) is 0 Å². The molecule has 0 radical (unpaired) electrons. The van der Waals surface area contributed by atoms with Crippen molar-refractivity contribution < 1.29 is 14.3 Å². The Kier molecular flexibility index (Phi) is 7.04. The molecule has 1 heterocycles. The number of nitriles is 1. The standard InChI is InChI=1S/C23H23N3O3/c1-2-13-29-22-9-3-18(4-10-22)16-19(17-24)23(27)25-20-5-7-21(8-6-20)26-11-14-28-15-12-26/h2-10,16H,1,11-15H2,(H,25,27)/b19-16+. The van der Waals surface area contributed by atoms with Crippen LogP contribution in [0.15, 0.2) is 66.8 Å². The minimum Gasteiger partial charge on any atom is -0.490 e. The fourth-order valence-electron chi connectivity index (χ4n) is 2.91. The predicted molar refractivity (Wildman–Crippen MR) is 114 cm³/mol. The molecule has 0 spiro atoms. The van der Waals surface area contributed by atoms with Crippen molar-refractivity contribution in [2.24, 2.45) is 0 Å². The Morgan fingerprint density at radius 3 is 2.48 bits per heavy atom. The lowest BCUT2D eigenvalue weighted by Crippen LogP contribution is -2.36. The van der Waals surface area contributed by atoms with E-state index in [-0.39, 0.29) is 5.57 Å². The van der Waals surface area contributed by atoms with Crippen molar-refractivity contribution in [1.82, 2.24) is 0 Å². The molecule has 6 heteroatoms. The van der Waals surface area contributed by atoms with Gasteiger partial charge in [-0.05, 0) is 48.0 Å². The van der Waals surface area contributed by atoms with Crippen LogP contribution in [0.3, 0.4) is 0 Å². The van der Waals surface area contributed by atoms with E-state index < -0.39 is 5.91 Å². The Labute approximate surface area is 170 Å². The van der Waals surface area contributed by atoms with Crippen LogP contribution in [-0.2, 0) is 9.53 Å². The number of anilines is 2. The molecule has 1 fully saturated rings. The van der Waals surface area contributed by atoms with Crippen molar-refractivity contribution in [3.05, 3.63) is 72.3 Å². The van der Waals surface area contributed by atoms with E-state index in [1.807, 2.05) is 30.3 Å². The first kappa shape index (κ1) is 20.2. The molecule has 29 heavy (non-hydrogen) atoms. The van der Waals surface area contributed by atoms with Gasteiger partial charge in [0.25, 0.3) is 5.91 Å². The molecule has 0 atom stereocenters. The van der Waals surface area contributed by atoms with E-state index in [0.29, 0.717) is 18.0 Å². The number of amides is 1. The van der Waals surface area contributed by atoms with Crippen LogP contribution in [0, 0.1) is 11.3 Å². The summed E-state index contributed by atoms with van der Waals surface area (Å²) < 4.78 is 10.8. The second-order valence-corrected chi connectivity index (χ2v) is 6.44. The molecule has 1 saturated heterocycles. The second kappa shape index (κ2) is 10.1. The van der Waals surface area contributed by atoms with Crippen molar-refractivity contribution in [2.45, 2.75) is 0 Å². The van der Waals surface area contributed by atoms with Crippen molar-refractivity contribution >= 4 is 23.4 Å². The molecule has 6 nitrogen and oxygen atoms in total. The Morgan fingerprint density at radius 1 is 1.17 bits per heavy atom. The molecule has 0 unspecified atom stereocenters. The molecule has 148 valence electrons. The molecule has 1 amide bonds. The fourth-order valence-corrected chi connectivity index (χ4v) is 2.91. The van der Waals surface area contributed by atoms with Gasteiger partial charge in [-0.1, -0.05) is 24.8 Å². The highest BCUT2D eigenvalue weighted by molar-refractivity contribution is 6.09. The quantitative estimate of drug-likeness (QED) is 0.445. The Balaban J connectivity index is 1.64. The van der Waals surface area contributed by atoms with Gasteiger partial charge < -0.3 is 19.7 Å². The Bertz CT molecular complexity index is 906. The second-order valence-electron chi connectivity index (χ2n) is 6.44. The normalized spacial score (nSPS) is 14.0. The third-order valence-corrected chi connectivity index (χ3v) is 4.43. The number of hydrogen-bond acceptors (Lipinski definition) is 5. The van der Waals surface area contributed by atoms with Crippen LogP contribution in [0.5, 0.6) is 5.75 Å². The van der Waals surface area contributed by atoms with Crippen LogP contribution in [0.25, 0.3) is 6.08 Å². The zero-order valence-electron chi connectivity index (χ0n) is 16.1. The highest BCUT2D eigenvalue weighted by Crippen LogP contribution is 2.20. The summed E-state index contributed by atoms with van der Waals surface area (Å²) in [5.74, 6) is 0.254. The van der Waals surface area contributed by atoms with Crippen molar-refractivity contribution in [3.8, 4) is 11.8 Å². The number of benzene rings is 2. The van der Waals surface area contributed by atoms with E-state index >= 15 is 0 Å². The molecular weight excluding hydrogens is 366 g/mol. The largest absolute Gasteiger partial charge is 0.490 e. The van der Waals surface area contributed by atoms with E-state index in [1.165, 1.54) is 0 Å².